The number of hydrogen-bond donors (Lipinski definition) is 1. The molecule has 1 unspecified atom stereocenters. The molecule has 1 N–H and O–H groups in total. The number of anilines is 1. The first-order valence-electron chi connectivity index (χ1n) is 6.55. The van der Waals surface area contributed by atoms with E-state index in [2.05, 4.69) is 15.3 Å². The van der Waals surface area contributed by atoms with Crippen LogP contribution in [0, 0.1) is 6.92 Å². The lowest BCUT2D eigenvalue weighted by atomic mass is 10.2. The van der Waals surface area contributed by atoms with Gasteiger partial charge in [0.2, 0.25) is 0 Å². The molecule has 5 nitrogen and oxygen atoms in total. The molecule has 0 aliphatic carbocycles. The lowest BCUT2D eigenvalue weighted by Gasteiger charge is -2.23. The summed E-state index contributed by atoms with van der Waals surface area (Å²) in [6, 6.07) is 0. The lowest BCUT2D eigenvalue weighted by Crippen LogP contribution is -2.34. The van der Waals surface area contributed by atoms with E-state index < -0.39 is 0 Å². The first-order chi connectivity index (χ1) is 9.08. The Labute approximate surface area is 118 Å². The van der Waals surface area contributed by atoms with Crippen LogP contribution >= 0.6 is 11.6 Å². The van der Waals surface area contributed by atoms with Crippen LogP contribution in [0.1, 0.15) is 31.2 Å². The topological polar surface area (TPSA) is 56.3 Å². The van der Waals surface area contributed by atoms with Gasteiger partial charge in [-0.3, -0.25) is 0 Å². The third-order valence-electron chi connectivity index (χ3n) is 3.00. The molecule has 0 saturated carbocycles. The highest BCUT2D eigenvalue weighted by Crippen LogP contribution is 2.23. The number of halogens is 1. The highest BCUT2D eigenvalue weighted by molar-refractivity contribution is 6.30. The first kappa shape index (κ1) is 14.5. The van der Waals surface area contributed by atoms with E-state index >= 15 is 0 Å². The van der Waals surface area contributed by atoms with Crippen LogP contribution < -0.4 is 5.32 Å². The Hall–Kier alpha value is -0.910. The van der Waals surface area contributed by atoms with E-state index in [4.69, 9.17) is 21.1 Å². The highest BCUT2D eigenvalue weighted by atomic mass is 35.5. The molecule has 1 atom stereocenters. The molecule has 2 rings (SSSR count). The van der Waals surface area contributed by atoms with Crippen molar-refractivity contribution in [1.82, 2.24) is 9.97 Å². The number of nitrogens with zero attached hydrogens (tertiary/aromatic N) is 2. The lowest BCUT2D eigenvalue weighted by molar-refractivity contribution is -0.0819. The van der Waals surface area contributed by atoms with Crippen LogP contribution in [-0.2, 0) is 9.47 Å². The zero-order chi connectivity index (χ0) is 13.8. The fourth-order valence-corrected chi connectivity index (χ4v) is 1.98. The van der Waals surface area contributed by atoms with Crippen LogP contribution in [0.5, 0.6) is 0 Å². The molecule has 0 bridgehead atoms. The molecule has 0 radical (unpaired) electrons. The van der Waals surface area contributed by atoms with E-state index in [-0.39, 0.29) is 12.0 Å². The maximum Gasteiger partial charge on any atom is 0.137 e. The summed E-state index contributed by atoms with van der Waals surface area (Å²) in [6.45, 7) is 8.59. The van der Waals surface area contributed by atoms with Gasteiger partial charge in [0.1, 0.15) is 16.8 Å². The Balaban J connectivity index is 2.05. The Morgan fingerprint density at radius 1 is 1.37 bits per heavy atom. The Morgan fingerprint density at radius 2 is 2.16 bits per heavy atom. The minimum atomic E-state index is 0.0596. The van der Waals surface area contributed by atoms with Gasteiger partial charge >= 0.3 is 0 Å². The fourth-order valence-electron chi connectivity index (χ4n) is 1.80. The van der Waals surface area contributed by atoms with Crippen molar-refractivity contribution in [3.8, 4) is 0 Å². The molecule has 0 spiro atoms. The van der Waals surface area contributed by atoms with Gasteiger partial charge in [0.05, 0.1) is 25.9 Å². The zero-order valence-electron chi connectivity index (χ0n) is 11.6. The molecule has 2 heterocycles. The Morgan fingerprint density at radius 3 is 2.79 bits per heavy atom. The number of nitrogens with one attached hydrogen (secondary N) is 1. The van der Waals surface area contributed by atoms with Crippen molar-refractivity contribution in [2.75, 3.05) is 31.7 Å². The van der Waals surface area contributed by atoms with Crippen molar-refractivity contribution in [3.63, 3.8) is 0 Å². The molecule has 1 aliphatic heterocycles. The Kier molecular flexibility index (Phi) is 4.96. The summed E-state index contributed by atoms with van der Waals surface area (Å²) in [6.07, 6.45) is 0.0596. The van der Waals surface area contributed by atoms with Crippen LogP contribution in [-0.4, -0.2) is 42.4 Å². The summed E-state index contributed by atoms with van der Waals surface area (Å²) in [5.74, 6) is 1.77. The maximum atomic E-state index is 6.14. The molecule has 0 amide bonds. The van der Waals surface area contributed by atoms with Gasteiger partial charge < -0.3 is 14.8 Å². The largest absolute Gasteiger partial charge is 0.376 e. The highest BCUT2D eigenvalue weighted by Gasteiger charge is 2.16. The molecule has 19 heavy (non-hydrogen) atoms. The molecule has 1 aromatic rings. The fraction of sp³-hybridized carbons (Fsp3) is 0.692. The number of hydrogen-bond acceptors (Lipinski definition) is 5. The monoisotopic (exact) mass is 285 g/mol. The van der Waals surface area contributed by atoms with Crippen molar-refractivity contribution in [3.05, 3.63) is 16.5 Å². The van der Waals surface area contributed by atoms with Crippen LogP contribution in [0.3, 0.4) is 0 Å². The van der Waals surface area contributed by atoms with E-state index in [0.29, 0.717) is 31.5 Å². The van der Waals surface area contributed by atoms with Gasteiger partial charge in [0.15, 0.2) is 0 Å². The van der Waals surface area contributed by atoms with E-state index in [9.17, 15) is 0 Å². The molecule has 1 saturated heterocycles. The molecule has 1 fully saturated rings. The smallest absolute Gasteiger partial charge is 0.137 e. The summed E-state index contributed by atoms with van der Waals surface area (Å²) in [7, 11) is 0. The van der Waals surface area contributed by atoms with Gasteiger partial charge in [-0.25, -0.2) is 9.97 Å². The third-order valence-corrected chi connectivity index (χ3v) is 3.37. The molecule has 106 valence electrons. The van der Waals surface area contributed by atoms with Gasteiger partial charge in [-0.05, 0) is 6.92 Å². The van der Waals surface area contributed by atoms with Crippen molar-refractivity contribution >= 4 is 17.4 Å². The number of aromatic nitrogens is 2. The summed E-state index contributed by atoms with van der Waals surface area (Å²) in [5, 5.41) is 3.78. The number of ether oxygens (including phenoxy) is 2. The standard InChI is InChI=1S/C13H20ClN3O2/c1-8(2)12-16-11(14)9(3)13(17-12)15-6-10-7-18-4-5-19-10/h8,10H,4-7H2,1-3H3,(H,15,16,17). The summed E-state index contributed by atoms with van der Waals surface area (Å²) in [4.78, 5) is 8.80. The first-order valence-corrected chi connectivity index (χ1v) is 6.93. The zero-order valence-corrected chi connectivity index (χ0v) is 12.3. The van der Waals surface area contributed by atoms with Crippen LogP contribution in [0.25, 0.3) is 0 Å². The van der Waals surface area contributed by atoms with Crippen molar-refractivity contribution in [2.45, 2.75) is 32.8 Å². The number of rotatable bonds is 4. The van der Waals surface area contributed by atoms with Gasteiger partial charge in [-0.2, -0.15) is 0 Å². The van der Waals surface area contributed by atoms with Gasteiger partial charge in [0.25, 0.3) is 0 Å². The Bertz CT molecular complexity index is 434. The molecule has 0 aromatic carbocycles. The van der Waals surface area contributed by atoms with E-state index in [1.165, 1.54) is 0 Å². The molecular formula is C13H20ClN3O2. The predicted molar refractivity (Wildman–Crippen MR) is 74.9 cm³/mol. The quantitative estimate of drug-likeness (QED) is 0.861. The predicted octanol–water partition coefficient (Wildman–Crippen LogP) is 2.39. The van der Waals surface area contributed by atoms with Crippen molar-refractivity contribution < 1.29 is 9.47 Å². The molecule has 1 aliphatic rings. The second-order valence-corrected chi connectivity index (χ2v) is 5.31. The SMILES string of the molecule is Cc1c(Cl)nc(C(C)C)nc1NCC1COCCO1. The summed E-state index contributed by atoms with van der Waals surface area (Å²) in [5.41, 5.74) is 0.864. The van der Waals surface area contributed by atoms with Crippen LogP contribution in [0.2, 0.25) is 5.15 Å². The van der Waals surface area contributed by atoms with Crippen molar-refractivity contribution in [1.29, 1.82) is 0 Å². The van der Waals surface area contributed by atoms with Gasteiger partial charge in [-0.15, -0.1) is 0 Å². The average molecular weight is 286 g/mol. The molecular weight excluding hydrogens is 266 g/mol. The van der Waals surface area contributed by atoms with Gasteiger partial charge in [-0.1, -0.05) is 25.4 Å². The van der Waals surface area contributed by atoms with Crippen LogP contribution in [0.15, 0.2) is 0 Å². The molecule has 6 heteroatoms. The van der Waals surface area contributed by atoms with E-state index in [1.807, 2.05) is 20.8 Å². The van der Waals surface area contributed by atoms with Gasteiger partial charge in [0, 0.05) is 18.0 Å². The second kappa shape index (κ2) is 6.50. The average Bonchev–Trinajstić information content (AvgIpc) is 2.41. The maximum absolute atomic E-state index is 6.14. The normalized spacial score (nSPS) is 19.7. The third kappa shape index (κ3) is 3.78. The summed E-state index contributed by atoms with van der Waals surface area (Å²) >= 11 is 6.14. The molecule has 1 aromatic heterocycles. The van der Waals surface area contributed by atoms with Crippen molar-refractivity contribution in [2.24, 2.45) is 0 Å². The summed E-state index contributed by atoms with van der Waals surface area (Å²) < 4.78 is 10.9. The van der Waals surface area contributed by atoms with E-state index in [0.717, 1.165) is 17.2 Å². The van der Waals surface area contributed by atoms with Crippen LogP contribution in [0.4, 0.5) is 5.82 Å². The minimum Gasteiger partial charge on any atom is -0.376 e. The second-order valence-electron chi connectivity index (χ2n) is 4.95. The van der Waals surface area contributed by atoms with E-state index in [1.54, 1.807) is 0 Å². The minimum absolute atomic E-state index is 0.0596.